The maximum absolute atomic E-state index is 8.77. The second kappa shape index (κ2) is 13.0. The molecule has 0 amide bonds. The number of aliphatic hydroxyl groups is 1. The topological polar surface area (TPSA) is 44.7 Å². The van der Waals surface area contributed by atoms with Gasteiger partial charge in [0.05, 0.1) is 6.61 Å². The lowest BCUT2D eigenvalue weighted by atomic mass is 10.0. The van der Waals surface area contributed by atoms with Crippen LogP contribution in [0.2, 0.25) is 0 Å². The summed E-state index contributed by atoms with van der Waals surface area (Å²) in [5, 5.41) is 12.5. The minimum absolute atomic E-state index is 0. The highest BCUT2D eigenvalue weighted by Crippen LogP contribution is 2.16. The number of nitrogens with zero attached hydrogens (tertiary/aromatic N) is 1. The fourth-order valence-electron chi connectivity index (χ4n) is 3.27. The maximum Gasteiger partial charge on any atom is 0.119 e. The van der Waals surface area contributed by atoms with Crippen molar-refractivity contribution in [2.24, 2.45) is 0 Å². The molecular formula is C21H30Cl2N2O2. The Morgan fingerprint density at radius 3 is 2.22 bits per heavy atom. The van der Waals surface area contributed by atoms with Crippen LogP contribution in [0.5, 0.6) is 5.75 Å². The Morgan fingerprint density at radius 1 is 0.926 bits per heavy atom. The van der Waals surface area contributed by atoms with Gasteiger partial charge in [-0.15, -0.1) is 24.8 Å². The van der Waals surface area contributed by atoms with Crippen molar-refractivity contribution in [3.63, 3.8) is 0 Å². The summed E-state index contributed by atoms with van der Waals surface area (Å²) in [7, 11) is 0. The molecular weight excluding hydrogens is 383 g/mol. The number of aliphatic hydroxyl groups excluding tert-OH is 1. The predicted molar refractivity (Wildman–Crippen MR) is 115 cm³/mol. The SMILES string of the molecule is Cl.Cl.OCCOc1ccc(CNC2CCN(Cc3ccccc3)CC2)cc1. The van der Waals surface area contributed by atoms with Gasteiger partial charge in [-0.1, -0.05) is 42.5 Å². The number of nitrogens with one attached hydrogen (secondary N) is 1. The summed E-state index contributed by atoms with van der Waals surface area (Å²) in [6.45, 7) is 4.65. The lowest BCUT2D eigenvalue weighted by molar-refractivity contribution is 0.190. The molecule has 0 bridgehead atoms. The zero-order valence-corrected chi connectivity index (χ0v) is 17.2. The van der Waals surface area contributed by atoms with E-state index in [1.165, 1.54) is 24.0 Å². The van der Waals surface area contributed by atoms with Crippen molar-refractivity contribution in [3.05, 3.63) is 65.7 Å². The van der Waals surface area contributed by atoms with Crippen LogP contribution in [0, 0.1) is 0 Å². The summed E-state index contributed by atoms with van der Waals surface area (Å²) in [5.41, 5.74) is 2.67. The molecule has 0 aromatic heterocycles. The van der Waals surface area contributed by atoms with E-state index >= 15 is 0 Å². The van der Waals surface area contributed by atoms with Gasteiger partial charge < -0.3 is 15.2 Å². The van der Waals surface area contributed by atoms with E-state index in [2.05, 4.69) is 52.7 Å². The fourth-order valence-corrected chi connectivity index (χ4v) is 3.27. The molecule has 1 heterocycles. The molecule has 0 atom stereocenters. The van der Waals surface area contributed by atoms with Crippen molar-refractivity contribution in [1.82, 2.24) is 10.2 Å². The number of hydrogen-bond donors (Lipinski definition) is 2. The molecule has 2 aromatic carbocycles. The number of ether oxygens (including phenoxy) is 1. The smallest absolute Gasteiger partial charge is 0.119 e. The van der Waals surface area contributed by atoms with Crippen LogP contribution in [-0.2, 0) is 13.1 Å². The van der Waals surface area contributed by atoms with Crippen molar-refractivity contribution in [2.45, 2.75) is 32.0 Å². The first-order valence-corrected chi connectivity index (χ1v) is 9.16. The van der Waals surface area contributed by atoms with Crippen molar-refractivity contribution < 1.29 is 9.84 Å². The Labute approximate surface area is 174 Å². The number of benzene rings is 2. The van der Waals surface area contributed by atoms with Crippen molar-refractivity contribution in [1.29, 1.82) is 0 Å². The molecule has 1 aliphatic rings. The first kappa shape index (κ1) is 23.7. The summed E-state index contributed by atoms with van der Waals surface area (Å²) in [6.07, 6.45) is 2.40. The van der Waals surface area contributed by atoms with E-state index < -0.39 is 0 Å². The molecule has 27 heavy (non-hydrogen) atoms. The molecule has 0 aliphatic carbocycles. The quantitative estimate of drug-likeness (QED) is 0.694. The molecule has 2 aromatic rings. The first-order chi connectivity index (χ1) is 12.3. The molecule has 0 unspecified atom stereocenters. The van der Waals surface area contributed by atoms with E-state index in [9.17, 15) is 0 Å². The van der Waals surface area contributed by atoms with Gasteiger partial charge in [0.2, 0.25) is 0 Å². The standard InChI is InChI=1S/C21H28N2O2.2ClH/c24-14-15-25-21-8-6-18(7-9-21)16-22-20-10-12-23(13-11-20)17-19-4-2-1-3-5-19;;/h1-9,20,22,24H,10-17H2;2*1H. The molecule has 3 rings (SSSR count). The molecule has 6 heteroatoms. The van der Waals surface area contributed by atoms with Crippen LogP contribution in [0.25, 0.3) is 0 Å². The van der Waals surface area contributed by atoms with Crippen LogP contribution in [0.15, 0.2) is 54.6 Å². The second-order valence-corrected chi connectivity index (χ2v) is 6.63. The Balaban J connectivity index is 0.00000182. The average molecular weight is 413 g/mol. The predicted octanol–water partition coefficient (Wildman–Crippen LogP) is 3.66. The third-order valence-corrected chi connectivity index (χ3v) is 4.71. The van der Waals surface area contributed by atoms with Crippen molar-refractivity contribution >= 4 is 24.8 Å². The van der Waals surface area contributed by atoms with E-state index in [1.54, 1.807) is 0 Å². The average Bonchev–Trinajstić information content (AvgIpc) is 2.67. The number of halogens is 2. The minimum Gasteiger partial charge on any atom is -0.491 e. The molecule has 1 fully saturated rings. The van der Waals surface area contributed by atoms with Crippen LogP contribution in [0.1, 0.15) is 24.0 Å². The lowest BCUT2D eigenvalue weighted by Gasteiger charge is -2.32. The highest BCUT2D eigenvalue weighted by atomic mass is 35.5. The normalized spacial score (nSPS) is 14.9. The number of rotatable bonds is 8. The van der Waals surface area contributed by atoms with E-state index in [1.807, 2.05) is 12.1 Å². The lowest BCUT2D eigenvalue weighted by Crippen LogP contribution is -2.41. The summed E-state index contributed by atoms with van der Waals surface area (Å²) in [4.78, 5) is 2.54. The van der Waals surface area contributed by atoms with Gasteiger partial charge in [-0.2, -0.15) is 0 Å². The van der Waals surface area contributed by atoms with E-state index in [0.717, 1.165) is 31.9 Å². The van der Waals surface area contributed by atoms with Gasteiger partial charge in [0.15, 0.2) is 0 Å². The zero-order chi connectivity index (χ0) is 17.3. The van der Waals surface area contributed by atoms with E-state index in [4.69, 9.17) is 9.84 Å². The summed E-state index contributed by atoms with van der Waals surface area (Å²) >= 11 is 0. The highest BCUT2D eigenvalue weighted by molar-refractivity contribution is 5.85. The van der Waals surface area contributed by atoms with Crippen molar-refractivity contribution in [2.75, 3.05) is 26.3 Å². The Hall–Kier alpha value is -1.30. The van der Waals surface area contributed by atoms with Gasteiger partial charge >= 0.3 is 0 Å². The fraction of sp³-hybridized carbons (Fsp3) is 0.429. The van der Waals surface area contributed by atoms with Crippen LogP contribution in [0.3, 0.4) is 0 Å². The number of piperidine rings is 1. The second-order valence-electron chi connectivity index (χ2n) is 6.63. The molecule has 1 aliphatic heterocycles. The van der Waals surface area contributed by atoms with E-state index in [-0.39, 0.29) is 31.4 Å². The van der Waals surface area contributed by atoms with Crippen LogP contribution in [-0.4, -0.2) is 42.4 Å². The highest BCUT2D eigenvalue weighted by Gasteiger charge is 2.18. The van der Waals surface area contributed by atoms with Gasteiger partial charge in [0.25, 0.3) is 0 Å². The molecule has 2 N–H and O–H groups in total. The molecule has 0 saturated carbocycles. The van der Waals surface area contributed by atoms with Gasteiger partial charge in [0, 0.05) is 19.1 Å². The summed E-state index contributed by atoms with van der Waals surface area (Å²) in [6, 6.07) is 19.4. The van der Waals surface area contributed by atoms with Crippen LogP contribution in [0.4, 0.5) is 0 Å². The summed E-state index contributed by atoms with van der Waals surface area (Å²) < 4.78 is 5.39. The Kier molecular flexibility index (Phi) is 11.4. The van der Waals surface area contributed by atoms with Crippen molar-refractivity contribution in [3.8, 4) is 5.75 Å². The monoisotopic (exact) mass is 412 g/mol. The molecule has 150 valence electrons. The molecule has 0 radical (unpaired) electrons. The minimum atomic E-state index is 0. The Morgan fingerprint density at radius 2 is 1.59 bits per heavy atom. The first-order valence-electron chi connectivity index (χ1n) is 9.16. The van der Waals surface area contributed by atoms with Gasteiger partial charge in [-0.05, 0) is 49.2 Å². The maximum atomic E-state index is 8.77. The Bertz CT molecular complexity index is 618. The molecule has 4 nitrogen and oxygen atoms in total. The largest absolute Gasteiger partial charge is 0.491 e. The number of likely N-dealkylation sites (tertiary alicyclic amines) is 1. The third kappa shape index (κ3) is 8.08. The third-order valence-electron chi connectivity index (χ3n) is 4.71. The summed E-state index contributed by atoms with van der Waals surface area (Å²) in [5.74, 6) is 0.812. The van der Waals surface area contributed by atoms with E-state index in [0.29, 0.717) is 12.6 Å². The number of hydrogen-bond acceptors (Lipinski definition) is 4. The van der Waals surface area contributed by atoms with Gasteiger partial charge in [0.1, 0.15) is 12.4 Å². The molecule has 0 spiro atoms. The van der Waals surface area contributed by atoms with Gasteiger partial charge in [-0.3, -0.25) is 4.90 Å². The zero-order valence-electron chi connectivity index (χ0n) is 15.5. The van der Waals surface area contributed by atoms with Crippen LogP contribution < -0.4 is 10.1 Å². The van der Waals surface area contributed by atoms with Gasteiger partial charge in [-0.25, -0.2) is 0 Å². The molecule has 1 saturated heterocycles. The van der Waals surface area contributed by atoms with Crippen LogP contribution >= 0.6 is 24.8 Å².